The molecule has 0 bridgehead atoms. The second-order valence-corrected chi connectivity index (χ2v) is 10.7. The number of sulfonamides is 1. The topological polar surface area (TPSA) is 82.1 Å². The number of amides is 1. The quantitative estimate of drug-likeness (QED) is 0.764. The van der Waals surface area contributed by atoms with Crippen molar-refractivity contribution in [3.8, 4) is 0 Å². The molecule has 0 aromatic heterocycles. The van der Waals surface area contributed by atoms with Gasteiger partial charge in [0.15, 0.2) is 5.17 Å². The molecule has 2 aliphatic heterocycles. The summed E-state index contributed by atoms with van der Waals surface area (Å²) in [6.07, 6.45) is 4.47. The molecule has 2 heterocycles. The highest BCUT2D eigenvalue weighted by atomic mass is 32.2. The fourth-order valence-electron chi connectivity index (χ4n) is 4.24. The smallest absolute Gasteiger partial charge is 0.260 e. The molecule has 0 radical (unpaired) electrons. The lowest BCUT2D eigenvalue weighted by atomic mass is 9.96. The van der Waals surface area contributed by atoms with Crippen molar-refractivity contribution in [1.82, 2.24) is 15.1 Å². The number of benzene rings is 1. The molecular weight excluding hydrogens is 408 g/mol. The van der Waals surface area contributed by atoms with Gasteiger partial charge in [0, 0.05) is 18.6 Å². The predicted molar refractivity (Wildman–Crippen MR) is 117 cm³/mol. The second kappa shape index (κ2) is 7.77. The second-order valence-electron chi connectivity index (χ2n) is 7.97. The number of rotatable bonds is 5. The van der Waals surface area contributed by atoms with Gasteiger partial charge in [-0.3, -0.25) is 4.79 Å². The van der Waals surface area contributed by atoms with Crippen molar-refractivity contribution in [3.63, 3.8) is 0 Å². The number of carbonyl (C=O) groups excluding carboxylic acids is 1. The van der Waals surface area contributed by atoms with Gasteiger partial charge in [-0.1, -0.05) is 43.2 Å². The number of carbonyl (C=O) groups is 1. The first-order valence-corrected chi connectivity index (χ1v) is 12.3. The summed E-state index contributed by atoms with van der Waals surface area (Å²) in [5.74, 6) is -0.219. The van der Waals surface area contributed by atoms with Gasteiger partial charge in [-0.2, -0.15) is 0 Å². The number of fused-ring (bicyclic) bond motifs is 1. The number of hydrogen-bond acceptors (Lipinski definition) is 6. The van der Waals surface area contributed by atoms with Gasteiger partial charge in [0.25, 0.3) is 15.9 Å². The molecule has 1 amide bonds. The minimum atomic E-state index is -3.48. The van der Waals surface area contributed by atoms with Crippen molar-refractivity contribution in [2.45, 2.75) is 31.2 Å². The van der Waals surface area contributed by atoms with Gasteiger partial charge in [-0.05, 0) is 44.3 Å². The summed E-state index contributed by atoms with van der Waals surface area (Å²) in [6, 6.07) is 9.62. The molecule has 156 valence electrons. The van der Waals surface area contributed by atoms with E-state index in [2.05, 4.69) is 28.7 Å². The van der Waals surface area contributed by atoms with E-state index in [-0.39, 0.29) is 17.2 Å². The highest BCUT2D eigenvalue weighted by molar-refractivity contribution is 8.19. The van der Waals surface area contributed by atoms with Crippen molar-refractivity contribution < 1.29 is 13.2 Å². The molecule has 0 unspecified atom stereocenters. The van der Waals surface area contributed by atoms with Crippen LogP contribution in [0.25, 0.3) is 5.70 Å². The van der Waals surface area contributed by atoms with Gasteiger partial charge in [-0.25, -0.2) is 8.42 Å². The van der Waals surface area contributed by atoms with Crippen LogP contribution in [-0.2, 0) is 14.8 Å². The zero-order valence-electron chi connectivity index (χ0n) is 16.7. The van der Waals surface area contributed by atoms with Gasteiger partial charge in [0.1, 0.15) is 4.91 Å². The van der Waals surface area contributed by atoms with Crippen LogP contribution in [-0.4, -0.2) is 67.8 Å². The van der Waals surface area contributed by atoms with Crippen molar-refractivity contribution in [1.29, 1.82) is 0 Å². The molecule has 0 atom stereocenters. The molecule has 1 aromatic carbocycles. The number of likely N-dealkylation sites (N-methyl/N-ethyl adjacent to an activating group) is 1. The highest BCUT2D eigenvalue weighted by Gasteiger charge is 2.40. The average Bonchev–Trinajstić information content (AvgIpc) is 3.31. The number of amidine groups is 1. The Balaban J connectivity index is 1.64. The Morgan fingerprint density at radius 3 is 2.59 bits per heavy atom. The van der Waals surface area contributed by atoms with E-state index in [1.807, 2.05) is 35.2 Å². The van der Waals surface area contributed by atoms with Gasteiger partial charge in [0.2, 0.25) is 0 Å². The highest BCUT2D eigenvalue weighted by Crippen LogP contribution is 2.42. The molecule has 1 fully saturated rings. The number of nitrogens with one attached hydrogen (secondary N) is 1. The minimum Gasteiger partial charge on any atom is -0.350 e. The summed E-state index contributed by atoms with van der Waals surface area (Å²) in [4.78, 5) is 17.8. The molecule has 1 aliphatic carbocycles. The minimum absolute atomic E-state index is 0.0136. The number of thioether (sulfide) groups is 1. The van der Waals surface area contributed by atoms with Crippen molar-refractivity contribution >= 4 is 38.6 Å². The zero-order valence-corrected chi connectivity index (χ0v) is 18.4. The van der Waals surface area contributed by atoms with E-state index in [0.29, 0.717) is 23.2 Å². The SMILES string of the molecule is CN(C)C1(CNC(=O)C2=C(c3ccccc3)N3CCS(=O)(=O)N=C3S2)CCCC1. The number of hydrogen-bond donors (Lipinski definition) is 1. The van der Waals surface area contributed by atoms with E-state index in [1.165, 1.54) is 12.8 Å². The third-order valence-corrected chi connectivity index (χ3v) is 8.36. The molecule has 0 saturated heterocycles. The van der Waals surface area contributed by atoms with Crippen LogP contribution >= 0.6 is 11.8 Å². The Labute approximate surface area is 176 Å². The maximum atomic E-state index is 13.2. The summed E-state index contributed by atoms with van der Waals surface area (Å²) in [7, 11) is 0.654. The fourth-order valence-corrected chi connectivity index (χ4v) is 6.53. The molecule has 1 N–H and O–H groups in total. The van der Waals surface area contributed by atoms with Crippen molar-refractivity contribution in [3.05, 3.63) is 40.8 Å². The van der Waals surface area contributed by atoms with Crippen LogP contribution in [0.3, 0.4) is 0 Å². The first kappa shape index (κ1) is 20.4. The van der Waals surface area contributed by atoms with Crippen LogP contribution in [0.5, 0.6) is 0 Å². The molecule has 0 spiro atoms. The number of nitrogens with zero attached hydrogens (tertiary/aromatic N) is 3. The van der Waals surface area contributed by atoms with Crippen LogP contribution in [0, 0.1) is 0 Å². The molecule has 4 rings (SSSR count). The first-order valence-electron chi connectivity index (χ1n) is 9.85. The summed E-state index contributed by atoms with van der Waals surface area (Å²) in [5, 5.41) is 3.49. The van der Waals surface area contributed by atoms with Crippen LogP contribution < -0.4 is 5.32 Å². The summed E-state index contributed by atoms with van der Waals surface area (Å²) in [5.41, 5.74) is 1.62. The lowest BCUT2D eigenvalue weighted by molar-refractivity contribution is -0.117. The van der Waals surface area contributed by atoms with E-state index in [9.17, 15) is 13.2 Å². The van der Waals surface area contributed by atoms with Gasteiger partial charge in [0.05, 0.1) is 11.4 Å². The van der Waals surface area contributed by atoms with Crippen LogP contribution in [0.4, 0.5) is 0 Å². The molecule has 3 aliphatic rings. The Morgan fingerprint density at radius 1 is 1.24 bits per heavy atom. The van der Waals surface area contributed by atoms with Crippen LogP contribution in [0.1, 0.15) is 31.2 Å². The predicted octanol–water partition coefficient (Wildman–Crippen LogP) is 2.09. The molecule has 29 heavy (non-hydrogen) atoms. The van der Waals surface area contributed by atoms with Gasteiger partial charge < -0.3 is 15.1 Å². The largest absolute Gasteiger partial charge is 0.350 e. The third kappa shape index (κ3) is 3.95. The average molecular weight is 435 g/mol. The van der Waals surface area contributed by atoms with Gasteiger partial charge in [-0.15, -0.1) is 4.40 Å². The van der Waals surface area contributed by atoms with Crippen LogP contribution in [0.15, 0.2) is 39.6 Å². The first-order chi connectivity index (χ1) is 13.8. The maximum absolute atomic E-state index is 13.2. The monoisotopic (exact) mass is 434 g/mol. The maximum Gasteiger partial charge on any atom is 0.260 e. The van der Waals surface area contributed by atoms with E-state index < -0.39 is 10.0 Å². The van der Waals surface area contributed by atoms with Crippen LogP contribution in [0.2, 0.25) is 0 Å². The summed E-state index contributed by atoms with van der Waals surface area (Å²) in [6.45, 7) is 0.881. The van der Waals surface area contributed by atoms with Gasteiger partial charge >= 0.3 is 0 Å². The van der Waals surface area contributed by atoms with Crippen molar-refractivity contribution in [2.75, 3.05) is 32.9 Å². The standard InChI is InChI=1S/C20H26N4O3S2/c1-23(2)20(10-6-7-11-20)14-21-18(25)17-16(15-8-4-3-5-9-15)24-12-13-29(26,27)22-19(24)28-17/h3-5,8-9H,6-7,10-14H2,1-2H3,(H,21,25). The molecule has 9 heteroatoms. The zero-order chi connectivity index (χ0) is 20.6. The lowest BCUT2D eigenvalue weighted by Crippen LogP contribution is -2.50. The van der Waals surface area contributed by atoms with E-state index in [0.717, 1.165) is 35.9 Å². The Kier molecular flexibility index (Phi) is 5.48. The summed E-state index contributed by atoms with van der Waals surface area (Å²) < 4.78 is 27.9. The third-order valence-electron chi connectivity index (χ3n) is 6.01. The van der Waals surface area contributed by atoms with Crippen molar-refractivity contribution in [2.24, 2.45) is 4.40 Å². The lowest BCUT2D eigenvalue weighted by Gasteiger charge is -2.36. The Morgan fingerprint density at radius 2 is 1.93 bits per heavy atom. The Bertz CT molecular complexity index is 965. The Hall–Kier alpha value is -1.84. The fraction of sp³-hybridized carbons (Fsp3) is 0.500. The van der Waals surface area contributed by atoms with E-state index >= 15 is 0 Å². The normalized spacial score (nSPS) is 22.6. The van der Waals surface area contributed by atoms with E-state index in [4.69, 9.17) is 0 Å². The van der Waals surface area contributed by atoms with E-state index in [1.54, 1.807) is 0 Å². The molecule has 1 aromatic rings. The molecular formula is C20H26N4O3S2. The molecule has 1 saturated carbocycles. The summed E-state index contributed by atoms with van der Waals surface area (Å²) >= 11 is 1.15. The molecule has 7 nitrogen and oxygen atoms in total.